The van der Waals surface area contributed by atoms with Gasteiger partial charge in [-0.1, -0.05) is 48.0 Å². The lowest BCUT2D eigenvalue weighted by molar-refractivity contribution is -0.385. The van der Waals surface area contributed by atoms with Crippen LogP contribution < -0.4 is 10.2 Å². The van der Waals surface area contributed by atoms with Gasteiger partial charge in [0, 0.05) is 18.2 Å². The number of rotatable bonds is 10. The fourth-order valence-electron chi connectivity index (χ4n) is 3.18. The Balaban J connectivity index is 1.77. The third-order valence-corrected chi connectivity index (χ3v) is 6.79. The molecule has 11 heteroatoms. The summed E-state index contributed by atoms with van der Waals surface area (Å²) in [6, 6.07) is 19.5. The normalized spacial score (nSPS) is 11.5. The summed E-state index contributed by atoms with van der Waals surface area (Å²) in [4.78, 5) is 23.2. The Morgan fingerprint density at radius 3 is 2.43 bits per heavy atom. The number of nitrogens with one attached hydrogen (secondary N) is 1. The van der Waals surface area contributed by atoms with Crippen molar-refractivity contribution in [2.24, 2.45) is 5.10 Å². The summed E-state index contributed by atoms with van der Waals surface area (Å²) < 4.78 is 32.6. The van der Waals surface area contributed by atoms with Crippen molar-refractivity contribution in [3.05, 3.63) is 99.6 Å². The summed E-state index contributed by atoms with van der Waals surface area (Å²) >= 11 is 0. The second-order valence-electron chi connectivity index (χ2n) is 7.55. The van der Waals surface area contributed by atoms with Gasteiger partial charge in [-0.15, -0.1) is 0 Å². The van der Waals surface area contributed by atoms with Crippen molar-refractivity contribution in [3.8, 4) is 5.75 Å². The molecule has 3 rings (SSSR count). The number of methoxy groups -OCH3 is 1. The minimum atomic E-state index is -3.98. The van der Waals surface area contributed by atoms with Crippen LogP contribution in [0.3, 0.4) is 0 Å². The summed E-state index contributed by atoms with van der Waals surface area (Å²) in [6.07, 6.45) is 1.22. The number of carbonyl (C=O) groups excluding carboxylic acids is 1. The molecule has 0 atom stereocenters. The van der Waals surface area contributed by atoms with Crippen molar-refractivity contribution in [2.75, 3.05) is 13.7 Å². The lowest BCUT2D eigenvalue weighted by Crippen LogP contribution is -2.39. The van der Waals surface area contributed by atoms with E-state index in [-0.39, 0.29) is 22.9 Å². The summed E-state index contributed by atoms with van der Waals surface area (Å²) in [5.74, 6) is -0.579. The molecule has 182 valence electrons. The molecule has 10 nitrogen and oxygen atoms in total. The van der Waals surface area contributed by atoms with E-state index in [1.54, 1.807) is 36.4 Å². The number of hydrazone groups is 1. The number of sulfonamides is 1. The van der Waals surface area contributed by atoms with Crippen LogP contribution in [0.2, 0.25) is 0 Å². The van der Waals surface area contributed by atoms with Gasteiger partial charge in [0.05, 0.1) is 29.7 Å². The van der Waals surface area contributed by atoms with Crippen molar-refractivity contribution in [1.82, 2.24) is 9.73 Å². The number of hydrogen-bond donors (Lipinski definition) is 1. The first kappa shape index (κ1) is 25.5. The van der Waals surface area contributed by atoms with Crippen LogP contribution in [0.4, 0.5) is 5.69 Å². The molecule has 0 fully saturated rings. The molecule has 0 saturated carbocycles. The number of carbonyl (C=O) groups is 1. The van der Waals surface area contributed by atoms with E-state index in [4.69, 9.17) is 4.74 Å². The molecule has 0 radical (unpaired) electrons. The maximum absolute atomic E-state index is 13.3. The Labute approximate surface area is 203 Å². The van der Waals surface area contributed by atoms with Crippen molar-refractivity contribution >= 4 is 27.8 Å². The quantitative estimate of drug-likeness (QED) is 0.260. The largest absolute Gasteiger partial charge is 0.490 e. The summed E-state index contributed by atoms with van der Waals surface area (Å²) in [5.41, 5.74) is 4.00. The van der Waals surface area contributed by atoms with E-state index in [9.17, 15) is 23.3 Å². The molecule has 0 saturated heterocycles. The fraction of sp³-hybridized carbons (Fsp3) is 0.167. The van der Waals surface area contributed by atoms with Crippen LogP contribution in [0.1, 0.15) is 16.7 Å². The second kappa shape index (κ2) is 11.4. The number of nitro benzene ring substituents is 1. The van der Waals surface area contributed by atoms with E-state index in [1.165, 1.54) is 43.7 Å². The van der Waals surface area contributed by atoms with Crippen LogP contribution in [0.5, 0.6) is 5.75 Å². The highest BCUT2D eigenvalue weighted by atomic mass is 32.2. The van der Waals surface area contributed by atoms with Gasteiger partial charge in [0.25, 0.3) is 5.91 Å². The van der Waals surface area contributed by atoms with E-state index in [0.717, 1.165) is 9.87 Å². The summed E-state index contributed by atoms with van der Waals surface area (Å²) in [7, 11) is -2.66. The lowest BCUT2D eigenvalue weighted by Gasteiger charge is -2.21. The molecule has 3 aromatic rings. The monoisotopic (exact) mass is 496 g/mol. The van der Waals surface area contributed by atoms with Crippen LogP contribution >= 0.6 is 0 Å². The molecule has 0 aliphatic heterocycles. The van der Waals surface area contributed by atoms with Crippen molar-refractivity contribution in [1.29, 1.82) is 0 Å². The zero-order valence-corrected chi connectivity index (χ0v) is 19.9. The number of aryl methyl sites for hydroxylation is 1. The number of nitrogens with zero attached hydrogens (tertiary/aromatic N) is 3. The first-order valence-electron chi connectivity index (χ1n) is 10.5. The fourth-order valence-corrected chi connectivity index (χ4v) is 4.56. The highest BCUT2D eigenvalue weighted by molar-refractivity contribution is 7.89. The molecule has 0 unspecified atom stereocenters. The predicted molar refractivity (Wildman–Crippen MR) is 131 cm³/mol. The van der Waals surface area contributed by atoms with Gasteiger partial charge in [-0.2, -0.15) is 9.41 Å². The van der Waals surface area contributed by atoms with Crippen molar-refractivity contribution in [3.63, 3.8) is 0 Å². The molecule has 0 aliphatic rings. The first-order valence-corrected chi connectivity index (χ1v) is 11.9. The van der Waals surface area contributed by atoms with Gasteiger partial charge in [0.1, 0.15) is 0 Å². The Morgan fingerprint density at radius 1 is 1.11 bits per heavy atom. The van der Waals surface area contributed by atoms with Gasteiger partial charge in [-0.05, 0) is 36.8 Å². The molecule has 0 aromatic heterocycles. The van der Waals surface area contributed by atoms with Gasteiger partial charge >= 0.3 is 5.69 Å². The Kier molecular flexibility index (Phi) is 8.29. The Bertz CT molecular complexity index is 1330. The molecule has 0 spiro atoms. The van der Waals surface area contributed by atoms with Crippen molar-refractivity contribution in [2.45, 2.75) is 18.4 Å². The molecule has 0 heterocycles. The third-order valence-electron chi connectivity index (χ3n) is 4.98. The molecule has 0 aliphatic carbocycles. The van der Waals surface area contributed by atoms with Crippen molar-refractivity contribution < 1.29 is 22.9 Å². The minimum absolute atomic E-state index is 0.0150. The topological polar surface area (TPSA) is 131 Å². The van der Waals surface area contributed by atoms with Crippen LogP contribution in [0.25, 0.3) is 0 Å². The standard InChI is InChI=1S/C24H24N4O6S/c1-18-8-11-21(12-9-18)35(32,33)27(16-19-6-4-3-5-7-19)17-24(29)26-25-15-20-10-13-23(34-2)22(14-20)28(30)31/h3-15H,16-17H2,1-2H3,(H,26,29)/b25-15-. The first-order chi connectivity index (χ1) is 16.7. The van der Waals surface area contributed by atoms with Crippen LogP contribution in [0.15, 0.2) is 82.8 Å². The molecule has 35 heavy (non-hydrogen) atoms. The maximum atomic E-state index is 13.3. The molecule has 1 N–H and O–H groups in total. The number of ether oxygens (including phenoxy) is 1. The highest BCUT2D eigenvalue weighted by Gasteiger charge is 2.27. The smallest absolute Gasteiger partial charge is 0.311 e. The molecular formula is C24H24N4O6S. The maximum Gasteiger partial charge on any atom is 0.311 e. The van der Waals surface area contributed by atoms with E-state index in [0.29, 0.717) is 11.1 Å². The Morgan fingerprint density at radius 2 is 1.80 bits per heavy atom. The summed E-state index contributed by atoms with van der Waals surface area (Å²) in [5, 5.41) is 15.0. The average Bonchev–Trinajstić information content (AvgIpc) is 2.84. The zero-order chi connectivity index (χ0) is 25.4. The molecular weight excluding hydrogens is 472 g/mol. The summed E-state index contributed by atoms with van der Waals surface area (Å²) in [6.45, 7) is 1.35. The van der Waals surface area contributed by atoms with E-state index in [2.05, 4.69) is 10.5 Å². The van der Waals surface area contributed by atoms with E-state index < -0.39 is 27.4 Å². The predicted octanol–water partition coefficient (Wildman–Crippen LogP) is 3.25. The number of nitro groups is 1. The number of amides is 1. The lowest BCUT2D eigenvalue weighted by atomic mass is 10.2. The zero-order valence-electron chi connectivity index (χ0n) is 19.1. The van der Waals surface area contributed by atoms with Gasteiger partial charge in [-0.3, -0.25) is 14.9 Å². The Hall–Kier alpha value is -4.09. The molecule has 1 amide bonds. The second-order valence-corrected chi connectivity index (χ2v) is 9.49. The van der Waals surface area contributed by atoms with Crippen LogP contribution in [-0.2, 0) is 21.4 Å². The van der Waals surface area contributed by atoms with Gasteiger partial charge in [0.2, 0.25) is 10.0 Å². The SMILES string of the molecule is COc1ccc(/C=N\NC(=O)CN(Cc2ccccc2)S(=O)(=O)c2ccc(C)cc2)cc1[N+](=O)[O-]. The number of hydrogen-bond acceptors (Lipinski definition) is 7. The third kappa shape index (κ3) is 6.71. The van der Waals surface area contributed by atoms with Crippen LogP contribution in [0, 0.1) is 17.0 Å². The van der Waals surface area contributed by atoms with E-state index >= 15 is 0 Å². The molecule has 3 aromatic carbocycles. The van der Waals surface area contributed by atoms with E-state index in [1.807, 2.05) is 13.0 Å². The molecule has 0 bridgehead atoms. The highest BCUT2D eigenvalue weighted by Crippen LogP contribution is 2.26. The van der Waals surface area contributed by atoms with Gasteiger partial charge in [-0.25, -0.2) is 13.8 Å². The van der Waals surface area contributed by atoms with Gasteiger partial charge in [0.15, 0.2) is 5.75 Å². The van der Waals surface area contributed by atoms with Crippen LogP contribution in [-0.4, -0.2) is 43.4 Å². The minimum Gasteiger partial charge on any atom is -0.490 e. The number of benzene rings is 3. The average molecular weight is 497 g/mol. The van der Waals surface area contributed by atoms with Gasteiger partial charge < -0.3 is 4.74 Å².